The minimum absolute atomic E-state index is 0.151. The molecule has 1 aliphatic carbocycles. The fourth-order valence-electron chi connectivity index (χ4n) is 4.20. The molecule has 0 saturated heterocycles. The number of aromatic hydroxyl groups is 1. The van der Waals surface area contributed by atoms with Crippen LogP contribution < -0.4 is 11.1 Å². The number of phenolic OH excluding ortho intramolecular Hbond substituents is 1. The van der Waals surface area contributed by atoms with Gasteiger partial charge in [0.05, 0.1) is 6.10 Å². The third kappa shape index (κ3) is 3.73. The number of H-pyrrole nitrogens is 1. The first-order valence-electron chi connectivity index (χ1n) is 9.82. The monoisotopic (exact) mass is 409 g/mol. The van der Waals surface area contributed by atoms with Crippen LogP contribution in [0.15, 0.2) is 33.6 Å². The molecular weight excluding hydrogens is 386 g/mol. The summed E-state index contributed by atoms with van der Waals surface area (Å²) in [4.78, 5) is 25.4. The van der Waals surface area contributed by atoms with Crippen molar-refractivity contribution in [2.45, 2.75) is 45.6 Å². The second-order valence-electron chi connectivity index (χ2n) is 7.71. The van der Waals surface area contributed by atoms with Gasteiger partial charge in [-0.15, -0.1) is 0 Å². The molecule has 156 valence electrons. The van der Waals surface area contributed by atoms with Gasteiger partial charge in [-0.05, 0) is 90.7 Å². The van der Waals surface area contributed by atoms with Gasteiger partial charge < -0.3 is 15.5 Å². The molecule has 2 aromatic carbocycles. The van der Waals surface area contributed by atoms with Gasteiger partial charge in [0.2, 0.25) is 5.82 Å². The summed E-state index contributed by atoms with van der Waals surface area (Å²) in [6.07, 6.45) is 2.41. The molecule has 1 heterocycles. The topological polar surface area (TPSA) is 128 Å². The molecule has 0 fully saturated rings. The highest BCUT2D eigenvalue weighted by Crippen LogP contribution is 2.38. The van der Waals surface area contributed by atoms with Crippen molar-refractivity contribution in [3.8, 4) is 5.75 Å². The summed E-state index contributed by atoms with van der Waals surface area (Å²) in [6.45, 7) is 3.94. The van der Waals surface area contributed by atoms with E-state index in [2.05, 4.69) is 20.0 Å². The number of hydrogen-bond donors (Lipinski definition) is 4. The van der Waals surface area contributed by atoms with Crippen molar-refractivity contribution in [3.05, 3.63) is 74.0 Å². The number of anilines is 1. The van der Waals surface area contributed by atoms with Crippen molar-refractivity contribution in [1.82, 2.24) is 10.1 Å². The number of phenols is 1. The molecule has 1 aromatic heterocycles. The Morgan fingerprint density at radius 2 is 2.03 bits per heavy atom. The Bertz CT molecular complexity index is 1150. The second kappa shape index (κ2) is 7.79. The lowest BCUT2D eigenvalue weighted by Crippen LogP contribution is -2.15. The van der Waals surface area contributed by atoms with Crippen molar-refractivity contribution in [1.29, 1.82) is 0 Å². The third-order valence-corrected chi connectivity index (χ3v) is 5.65. The lowest BCUT2D eigenvalue weighted by Gasteiger charge is -2.25. The molecule has 0 radical (unpaired) electrons. The van der Waals surface area contributed by atoms with Crippen LogP contribution in [-0.4, -0.2) is 26.3 Å². The SMILES string of the molecule is Cc1cc(NC(=O)c2noc(=O)[nH]2)cc(C)c1Cc1ccc(O)c2c1CCCC2O. The first-order valence-corrected chi connectivity index (χ1v) is 9.82. The maximum Gasteiger partial charge on any atom is 0.439 e. The van der Waals surface area contributed by atoms with E-state index in [0.717, 1.165) is 40.7 Å². The summed E-state index contributed by atoms with van der Waals surface area (Å²) in [6, 6.07) is 7.29. The van der Waals surface area contributed by atoms with Crippen LogP contribution in [0.25, 0.3) is 0 Å². The Kier molecular flexibility index (Phi) is 5.17. The second-order valence-corrected chi connectivity index (χ2v) is 7.71. The molecule has 1 aliphatic rings. The lowest BCUT2D eigenvalue weighted by molar-refractivity contribution is 0.101. The zero-order chi connectivity index (χ0) is 21.4. The summed E-state index contributed by atoms with van der Waals surface area (Å²) >= 11 is 0. The number of aliphatic hydroxyl groups is 1. The molecule has 1 unspecified atom stereocenters. The van der Waals surface area contributed by atoms with Crippen molar-refractivity contribution in [2.75, 3.05) is 5.32 Å². The van der Waals surface area contributed by atoms with Crippen LogP contribution in [0.5, 0.6) is 5.75 Å². The summed E-state index contributed by atoms with van der Waals surface area (Å²) in [5.74, 6) is -1.38. The molecule has 0 bridgehead atoms. The summed E-state index contributed by atoms with van der Waals surface area (Å²) < 4.78 is 4.36. The van der Waals surface area contributed by atoms with Gasteiger partial charge in [0.15, 0.2) is 0 Å². The first-order chi connectivity index (χ1) is 14.3. The smallest absolute Gasteiger partial charge is 0.439 e. The highest BCUT2D eigenvalue weighted by Gasteiger charge is 2.24. The molecular formula is C22H23N3O5. The van der Waals surface area contributed by atoms with Gasteiger partial charge in [-0.3, -0.25) is 14.3 Å². The van der Waals surface area contributed by atoms with Gasteiger partial charge in [-0.2, -0.15) is 0 Å². The van der Waals surface area contributed by atoms with Gasteiger partial charge in [0.25, 0.3) is 5.91 Å². The van der Waals surface area contributed by atoms with Gasteiger partial charge in [-0.1, -0.05) is 6.07 Å². The van der Waals surface area contributed by atoms with Crippen LogP contribution in [0.3, 0.4) is 0 Å². The number of nitrogens with one attached hydrogen (secondary N) is 2. The Balaban J connectivity index is 1.61. The molecule has 4 N–H and O–H groups in total. The van der Waals surface area contributed by atoms with Gasteiger partial charge in [0.1, 0.15) is 5.75 Å². The lowest BCUT2D eigenvalue weighted by atomic mass is 9.83. The van der Waals surface area contributed by atoms with Crippen molar-refractivity contribution in [2.24, 2.45) is 0 Å². The maximum absolute atomic E-state index is 12.2. The Hall–Kier alpha value is -3.39. The molecule has 0 saturated carbocycles. The molecule has 8 heteroatoms. The number of rotatable bonds is 4. The number of aromatic nitrogens is 2. The molecule has 1 atom stereocenters. The van der Waals surface area contributed by atoms with Crippen LogP contribution in [0.1, 0.15) is 62.9 Å². The fraction of sp³-hybridized carbons (Fsp3) is 0.318. The predicted molar refractivity (Wildman–Crippen MR) is 110 cm³/mol. The number of aliphatic hydroxyl groups excluding tert-OH is 1. The molecule has 3 aromatic rings. The van der Waals surface area contributed by atoms with E-state index in [9.17, 15) is 19.8 Å². The quantitative estimate of drug-likeness (QED) is 0.524. The van der Waals surface area contributed by atoms with Gasteiger partial charge in [-0.25, -0.2) is 4.79 Å². The number of aryl methyl sites for hydroxylation is 2. The van der Waals surface area contributed by atoms with E-state index in [1.165, 1.54) is 0 Å². The minimum Gasteiger partial charge on any atom is -0.508 e. The van der Waals surface area contributed by atoms with Crippen LogP contribution in [0, 0.1) is 13.8 Å². The molecule has 4 rings (SSSR count). The van der Waals surface area contributed by atoms with Crippen LogP contribution in [0.2, 0.25) is 0 Å². The first kappa shape index (κ1) is 19.9. The largest absolute Gasteiger partial charge is 0.508 e. The zero-order valence-corrected chi connectivity index (χ0v) is 16.8. The van der Waals surface area contributed by atoms with E-state index < -0.39 is 17.8 Å². The predicted octanol–water partition coefficient (Wildman–Crippen LogP) is 2.90. The van der Waals surface area contributed by atoms with Crippen molar-refractivity contribution in [3.63, 3.8) is 0 Å². The maximum atomic E-state index is 12.2. The standard InChI is InChI=1S/C22H23N3O5/c1-11-8-14(23-21(28)20-24-22(29)30-25-20)9-12(2)16(11)10-13-6-7-18(27)19-15(13)4-3-5-17(19)26/h6-9,17,26-27H,3-5,10H2,1-2H3,(H,23,28)(H,24,25,29). The Labute approximate surface area is 172 Å². The molecule has 1 amide bonds. The number of benzene rings is 2. The number of carbonyl (C=O) groups excluding carboxylic acids is 1. The van der Waals surface area contributed by atoms with Crippen molar-refractivity contribution >= 4 is 11.6 Å². The molecule has 0 spiro atoms. The number of aromatic amines is 1. The van der Waals surface area contributed by atoms with Crippen LogP contribution >= 0.6 is 0 Å². The van der Waals surface area contributed by atoms with Gasteiger partial charge >= 0.3 is 5.76 Å². The number of carbonyl (C=O) groups is 1. The Morgan fingerprint density at radius 1 is 1.30 bits per heavy atom. The summed E-state index contributed by atoms with van der Waals surface area (Å²) in [5.41, 5.74) is 6.47. The zero-order valence-electron chi connectivity index (χ0n) is 16.8. The number of hydrogen-bond acceptors (Lipinski definition) is 6. The Morgan fingerprint density at radius 3 is 2.70 bits per heavy atom. The van der Waals surface area contributed by atoms with E-state index >= 15 is 0 Å². The molecule has 8 nitrogen and oxygen atoms in total. The molecule has 0 aliphatic heterocycles. The van der Waals surface area contributed by atoms with Crippen molar-refractivity contribution < 1.29 is 19.5 Å². The van der Waals surface area contributed by atoms with E-state index in [0.29, 0.717) is 24.1 Å². The highest BCUT2D eigenvalue weighted by atomic mass is 16.5. The highest BCUT2D eigenvalue weighted by molar-refractivity contribution is 6.01. The number of nitrogens with zero attached hydrogens (tertiary/aromatic N) is 1. The van der Waals surface area contributed by atoms with Crippen LogP contribution in [0.4, 0.5) is 5.69 Å². The van der Waals surface area contributed by atoms with E-state index in [4.69, 9.17) is 0 Å². The normalized spacial score (nSPS) is 15.6. The number of amides is 1. The van der Waals surface area contributed by atoms with Gasteiger partial charge in [0, 0.05) is 11.3 Å². The fourth-order valence-corrected chi connectivity index (χ4v) is 4.20. The average Bonchev–Trinajstić information content (AvgIpc) is 3.13. The van der Waals surface area contributed by atoms with Crippen LogP contribution in [-0.2, 0) is 12.8 Å². The number of fused-ring (bicyclic) bond motifs is 1. The summed E-state index contributed by atoms with van der Waals surface area (Å²) in [7, 11) is 0. The van der Waals surface area contributed by atoms with E-state index in [1.54, 1.807) is 6.07 Å². The minimum atomic E-state index is -0.787. The summed E-state index contributed by atoms with van der Waals surface area (Å²) in [5, 5.41) is 26.6. The van der Waals surface area contributed by atoms with E-state index in [-0.39, 0.29) is 11.6 Å². The third-order valence-electron chi connectivity index (χ3n) is 5.65. The average molecular weight is 409 g/mol. The molecule has 30 heavy (non-hydrogen) atoms. The van der Waals surface area contributed by atoms with E-state index in [1.807, 2.05) is 32.0 Å².